The first kappa shape index (κ1) is 19.5. The molecule has 2 amide bonds. The molecule has 0 aliphatic carbocycles. The van der Waals surface area contributed by atoms with Gasteiger partial charge in [0.1, 0.15) is 17.2 Å². The Bertz CT molecular complexity index is 830. The van der Waals surface area contributed by atoms with E-state index in [0.717, 1.165) is 5.56 Å². The summed E-state index contributed by atoms with van der Waals surface area (Å²) in [5.74, 6) is -0.0815. The van der Waals surface area contributed by atoms with E-state index in [1.54, 1.807) is 9.80 Å². The van der Waals surface area contributed by atoms with Crippen molar-refractivity contribution in [1.29, 1.82) is 0 Å². The topological polar surface area (TPSA) is 90.3 Å². The Morgan fingerprint density at radius 2 is 1.54 bits per heavy atom. The number of ether oxygens (including phenoxy) is 1. The van der Waals surface area contributed by atoms with Crippen LogP contribution in [0.25, 0.3) is 0 Å². The molecular weight excluding hydrogens is 360 g/mol. The van der Waals surface area contributed by atoms with E-state index in [1.165, 1.54) is 18.2 Å². The number of nitrogens with zero attached hydrogens (tertiary/aromatic N) is 2. The SMILES string of the molecule is Cc1ccc(OCC(=O)N2CCCN(C(=O)c3cc(O)cc(O)c3)CC2)cc1. The first-order chi connectivity index (χ1) is 13.4. The van der Waals surface area contributed by atoms with E-state index in [2.05, 4.69) is 0 Å². The third-order valence-electron chi connectivity index (χ3n) is 4.67. The minimum absolute atomic E-state index is 0.0442. The van der Waals surface area contributed by atoms with Gasteiger partial charge in [-0.15, -0.1) is 0 Å². The monoisotopic (exact) mass is 384 g/mol. The second-order valence-electron chi connectivity index (χ2n) is 6.87. The summed E-state index contributed by atoms with van der Waals surface area (Å²) in [5, 5.41) is 19.2. The fraction of sp³-hybridized carbons (Fsp3) is 0.333. The number of phenols is 2. The highest BCUT2D eigenvalue weighted by Crippen LogP contribution is 2.22. The molecule has 7 heteroatoms. The van der Waals surface area contributed by atoms with E-state index >= 15 is 0 Å². The molecule has 7 nitrogen and oxygen atoms in total. The Morgan fingerprint density at radius 3 is 2.21 bits per heavy atom. The molecule has 0 radical (unpaired) electrons. The Balaban J connectivity index is 1.55. The van der Waals surface area contributed by atoms with Crippen molar-refractivity contribution < 1.29 is 24.5 Å². The van der Waals surface area contributed by atoms with Crippen LogP contribution < -0.4 is 4.74 Å². The molecule has 0 bridgehead atoms. The lowest BCUT2D eigenvalue weighted by molar-refractivity contribution is -0.133. The molecule has 0 atom stereocenters. The summed E-state index contributed by atoms with van der Waals surface area (Å²) in [7, 11) is 0. The summed E-state index contributed by atoms with van der Waals surface area (Å²) >= 11 is 0. The Morgan fingerprint density at radius 1 is 0.929 bits per heavy atom. The van der Waals surface area contributed by atoms with Gasteiger partial charge in [-0.1, -0.05) is 17.7 Å². The number of benzene rings is 2. The van der Waals surface area contributed by atoms with E-state index in [9.17, 15) is 19.8 Å². The first-order valence-corrected chi connectivity index (χ1v) is 9.22. The van der Waals surface area contributed by atoms with Gasteiger partial charge >= 0.3 is 0 Å². The fourth-order valence-corrected chi connectivity index (χ4v) is 3.14. The molecule has 28 heavy (non-hydrogen) atoms. The van der Waals surface area contributed by atoms with Crippen molar-refractivity contribution in [1.82, 2.24) is 9.80 Å². The quantitative estimate of drug-likeness (QED) is 0.843. The molecule has 3 rings (SSSR count). The predicted octanol–water partition coefficient (Wildman–Crippen LogP) is 2.16. The molecule has 2 aromatic rings. The van der Waals surface area contributed by atoms with Crippen LogP contribution in [0.2, 0.25) is 0 Å². The zero-order chi connectivity index (χ0) is 20.1. The number of phenolic OH excluding ortho intramolecular Hbond substituents is 2. The third-order valence-corrected chi connectivity index (χ3v) is 4.67. The normalized spacial score (nSPS) is 14.5. The number of aryl methyl sites for hydroxylation is 1. The highest BCUT2D eigenvalue weighted by Gasteiger charge is 2.23. The van der Waals surface area contributed by atoms with Gasteiger partial charge in [0.25, 0.3) is 11.8 Å². The number of aromatic hydroxyl groups is 2. The van der Waals surface area contributed by atoms with Crippen molar-refractivity contribution >= 4 is 11.8 Å². The largest absolute Gasteiger partial charge is 0.508 e. The number of hydrogen-bond acceptors (Lipinski definition) is 5. The molecule has 1 aliphatic rings. The Kier molecular flexibility index (Phi) is 6.03. The zero-order valence-corrected chi connectivity index (χ0v) is 15.8. The molecule has 1 aliphatic heterocycles. The average molecular weight is 384 g/mol. The van der Waals surface area contributed by atoms with Crippen molar-refractivity contribution in [2.45, 2.75) is 13.3 Å². The van der Waals surface area contributed by atoms with Crippen molar-refractivity contribution in [3.05, 3.63) is 53.6 Å². The maximum Gasteiger partial charge on any atom is 0.260 e. The summed E-state index contributed by atoms with van der Waals surface area (Å²) in [6.45, 7) is 3.77. The van der Waals surface area contributed by atoms with Crippen LogP contribution in [0.3, 0.4) is 0 Å². The Hall–Kier alpha value is -3.22. The van der Waals surface area contributed by atoms with Crippen LogP contribution >= 0.6 is 0 Å². The lowest BCUT2D eigenvalue weighted by Crippen LogP contribution is -2.39. The van der Waals surface area contributed by atoms with E-state index in [4.69, 9.17) is 4.74 Å². The third kappa shape index (κ3) is 4.94. The molecule has 0 saturated carbocycles. The van der Waals surface area contributed by atoms with Crippen molar-refractivity contribution in [2.75, 3.05) is 32.8 Å². The van der Waals surface area contributed by atoms with E-state index in [0.29, 0.717) is 38.3 Å². The van der Waals surface area contributed by atoms with Gasteiger partial charge in [-0.25, -0.2) is 0 Å². The molecule has 0 unspecified atom stereocenters. The maximum absolute atomic E-state index is 12.6. The van der Waals surface area contributed by atoms with Gasteiger partial charge in [0, 0.05) is 37.8 Å². The van der Waals surface area contributed by atoms with E-state index < -0.39 is 0 Å². The number of carbonyl (C=O) groups is 2. The van der Waals surface area contributed by atoms with Gasteiger partial charge in [-0.05, 0) is 37.6 Å². The number of rotatable bonds is 4. The fourth-order valence-electron chi connectivity index (χ4n) is 3.14. The number of carbonyl (C=O) groups excluding carboxylic acids is 2. The molecule has 0 aromatic heterocycles. The summed E-state index contributed by atoms with van der Waals surface area (Å²) < 4.78 is 5.56. The second-order valence-corrected chi connectivity index (χ2v) is 6.87. The molecule has 1 heterocycles. The van der Waals surface area contributed by atoms with Gasteiger partial charge < -0.3 is 24.7 Å². The second kappa shape index (κ2) is 8.65. The van der Waals surface area contributed by atoms with Crippen molar-refractivity contribution in [2.24, 2.45) is 0 Å². The molecule has 0 spiro atoms. The molecule has 1 saturated heterocycles. The molecular formula is C21H24N2O5. The van der Waals surface area contributed by atoms with Gasteiger partial charge in [0.05, 0.1) is 0 Å². The van der Waals surface area contributed by atoms with Crippen molar-refractivity contribution in [3.63, 3.8) is 0 Å². The summed E-state index contributed by atoms with van der Waals surface area (Å²) in [4.78, 5) is 28.4. The van der Waals surface area contributed by atoms with Gasteiger partial charge in [-0.2, -0.15) is 0 Å². The van der Waals surface area contributed by atoms with Gasteiger partial charge in [-0.3, -0.25) is 9.59 Å². The predicted molar refractivity (Wildman–Crippen MR) is 104 cm³/mol. The van der Waals surface area contributed by atoms with Gasteiger partial charge in [0.2, 0.25) is 0 Å². The summed E-state index contributed by atoms with van der Waals surface area (Å²) in [5.41, 5.74) is 1.34. The lowest BCUT2D eigenvalue weighted by Gasteiger charge is -2.22. The standard InChI is InChI=1S/C21H24N2O5/c1-15-3-5-19(6-4-15)28-14-20(26)22-7-2-8-23(10-9-22)21(27)16-11-17(24)13-18(25)12-16/h3-6,11-13,24-25H,2,7-10,14H2,1H3. The molecule has 2 N–H and O–H groups in total. The maximum atomic E-state index is 12.6. The van der Waals surface area contributed by atoms with E-state index in [1.807, 2.05) is 31.2 Å². The van der Waals surface area contributed by atoms with Gasteiger partial charge in [0.15, 0.2) is 6.61 Å². The molecule has 148 valence electrons. The Labute approximate surface area is 163 Å². The molecule has 1 fully saturated rings. The summed E-state index contributed by atoms with van der Waals surface area (Å²) in [6.07, 6.45) is 0.646. The smallest absolute Gasteiger partial charge is 0.260 e. The van der Waals surface area contributed by atoms with Crippen LogP contribution in [0.1, 0.15) is 22.3 Å². The molecule has 2 aromatic carbocycles. The van der Waals surface area contributed by atoms with Crippen LogP contribution in [0.4, 0.5) is 0 Å². The minimum atomic E-state index is -0.281. The van der Waals surface area contributed by atoms with Crippen LogP contribution in [0.15, 0.2) is 42.5 Å². The van der Waals surface area contributed by atoms with Crippen LogP contribution in [-0.4, -0.2) is 64.6 Å². The number of amides is 2. The van der Waals surface area contributed by atoms with Crippen LogP contribution in [-0.2, 0) is 4.79 Å². The van der Waals surface area contributed by atoms with Crippen LogP contribution in [0.5, 0.6) is 17.2 Å². The summed E-state index contributed by atoms with van der Waals surface area (Å²) in [6, 6.07) is 11.3. The van der Waals surface area contributed by atoms with Crippen LogP contribution in [0, 0.1) is 6.92 Å². The highest BCUT2D eigenvalue weighted by atomic mass is 16.5. The van der Waals surface area contributed by atoms with Crippen molar-refractivity contribution in [3.8, 4) is 17.2 Å². The lowest BCUT2D eigenvalue weighted by atomic mass is 10.1. The minimum Gasteiger partial charge on any atom is -0.508 e. The zero-order valence-electron chi connectivity index (χ0n) is 15.8. The highest BCUT2D eigenvalue weighted by molar-refractivity contribution is 5.95. The van der Waals surface area contributed by atoms with E-state index in [-0.39, 0.29) is 35.5 Å². The number of hydrogen-bond donors (Lipinski definition) is 2. The average Bonchev–Trinajstić information content (AvgIpc) is 2.92. The first-order valence-electron chi connectivity index (χ1n) is 9.22.